The first-order chi connectivity index (χ1) is 10.4. The first-order valence-electron chi connectivity index (χ1n) is 7.45. The fourth-order valence-electron chi connectivity index (χ4n) is 2.86. The molecule has 2 nitrogen and oxygen atoms in total. The van der Waals surface area contributed by atoms with Crippen molar-refractivity contribution in [2.45, 2.75) is 25.8 Å². The van der Waals surface area contributed by atoms with E-state index in [9.17, 15) is 0 Å². The third-order valence-electron chi connectivity index (χ3n) is 3.91. The van der Waals surface area contributed by atoms with E-state index in [1.807, 2.05) is 12.1 Å². The number of hydrogen-bond acceptors (Lipinski definition) is 2. The molecule has 2 rings (SSSR count). The first kappa shape index (κ1) is 16.4. The van der Waals surface area contributed by atoms with Crippen molar-refractivity contribution >= 4 is 18.7 Å². The maximum atomic E-state index is 6.45. The Labute approximate surface area is 134 Å². The maximum Gasteiger partial charge on any atom is 0.323 e. The average Bonchev–Trinajstić information content (AvgIpc) is 2.52. The van der Waals surface area contributed by atoms with E-state index in [4.69, 9.17) is 9.16 Å². The van der Waals surface area contributed by atoms with Gasteiger partial charge in [0.15, 0.2) is 0 Å². The molecule has 0 N–H and O–H groups in total. The van der Waals surface area contributed by atoms with Crippen LogP contribution in [0.5, 0.6) is 0 Å². The Morgan fingerprint density at radius 1 is 0.864 bits per heavy atom. The van der Waals surface area contributed by atoms with Gasteiger partial charge in [-0.1, -0.05) is 81.4 Å². The van der Waals surface area contributed by atoms with Crippen molar-refractivity contribution in [2.24, 2.45) is 0 Å². The normalized spacial score (nSPS) is 11.8. The van der Waals surface area contributed by atoms with Crippen LogP contribution in [0.3, 0.4) is 0 Å². The van der Waals surface area contributed by atoms with Gasteiger partial charge in [0.05, 0.1) is 7.11 Å². The van der Waals surface area contributed by atoms with E-state index in [1.165, 1.54) is 10.4 Å². The fraction of sp³-hybridized carbons (Fsp3) is 0.263. The lowest BCUT2D eigenvalue weighted by atomic mass is 10.2. The Balaban J connectivity index is 2.73. The largest absolute Gasteiger partial charge is 0.510 e. The summed E-state index contributed by atoms with van der Waals surface area (Å²) in [5, 5.41) is 2.36. The number of rotatable bonds is 5. The van der Waals surface area contributed by atoms with Crippen molar-refractivity contribution in [2.75, 3.05) is 7.11 Å². The molecular weight excluding hydrogens is 288 g/mol. The highest BCUT2D eigenvalue weighted by molar-refractivity contribution is 6.99. The minimum Gasteiger partial charge on any atom is -0.510 e. The van der Waals surface area contributed by atoms with Gasteiger partial charge in [0, 0.05) is 0 Å². The van der Waals surface area contributed by atoms with Gasteiger partial charge in [0.1, 0.15) is 0 Å². The van der Waals surface area contributed by atoms with Gasteiger partial charge in [-0.2, -0.15) is 0 Å². The highest BCUT2D eigenvalue weighted by Crippen LogP contribution is 2.37. The molecule has 0 aliphatic heterocycles. The van der Waals surface area contributed by atoms with Crippen molar-refractivity contribution in [1.29, 1.82) is 0 Å². The topological polar surface area (TPSA) is 18.5 Å². The lowest BCUT2D eigenvalue weighted by molar-refractivity contribution is 0.146. The van der Waals surface area contributed by atoms with Crippen molar-refractivity contribution in [1.82, 2.24) is 0 Å². The molecule has 0 bridgehead atoms. The molecule has 2 aromatic carbocycles. The Kier molecular flexibility index (Phi) is 4.76. The van der Waals surface area contributed by atoms with Crippen molar-refractivity contribution in [3.05, 3.63) is 73.2 Å². The number of hydrogen-bond donors (Lipinski definition) is 0. The second-order valence-corrected chi connectivity index (χ2v) is 10.6. The summed E-state index contributed by atoms with van der Waals surface area (Å²) in [5.74, 6) is 0.370. The Hall–Kier alpha value is -2.00. The predicted molar refractivity (Wildman–Crippen MR) is 94.9 cm³/mol. The maximum absolute atomic E-state index is 6.45. The van der Waals surface area contributed by atoms with E-state index < -0.39 is 8.32 Å². The fourth-order valence-corrected chi connectivity index (χ4v) is 7.22. The average molecular weight is 312 g/mol. The Morgan fingerprint density at radius 3 is 1.59 bits per heavy atom. The molecule has 0 saturated carbocycles. The molecule has 0 fully saturated rings. The second-order valence-electron chi connectivity index (χ2n) is 6.34. The zero-order valence-corrected chi connectivity index (χ0v) is 14.8. The molecule has 3 heteroatoms. The van der Waals surface area contributed by atoms with Crippen LogP contribution in [-0.2, 0) is 9.16 Å². The molecule has 0 aromatic heterocycles. The van der Waals surface area contributed by atoms with Crippen molar-refractivity contribution in [3.63, 3.8) is 0 Å². The van der Waals surface area contributed by atoms with E-state index >= 15 is 0 Å². The van der Waals surface area contributed by atoms with Gasteiger partial charge >= 0.3 is 8.32 Å². The van der Waals surface area contributed by atoms with E-state index in [2.05, 4.69) is 75.9 Å². The molecule has 0 spiro atoms. The third-order valence-corrected chi connectivity index (χ3v) is 8.85. The quantitative estimate of drug-likeness (QED) is 0.619. The van der Waals surface area contributed by atoms with Crippen molar-refractivity contribution < 1.29 is 9.16 Å². The summed E-state index contributed by atoms with van der Waals surface area (Å²) in [4.78, 5) is 0. The summed E-state index contributed by atoms with van der Waals surface area (Å²) in [5.41, 5.74) is 0. The number of ether oxygens (including phenoxy) is 1. The molecule has 0 atom stereocenters. The smallest absolute Gasteiger partial charge is 0.323 e. The minimum absolute atomic E-state index is 0.0722. The molecule has 0 unspecified atom stereocenters. The SMILES string of the molecule is C=C(OC)O[Si](c1ccccc1)(c1ccccc1)C(C)(C)C. The molecule has 0 radical (unpaired) electrons. The molecule has 116 valence electrons. The standard InChI is InChI=1S/C19H24O2Si/c1-16(20-5)21-22(19(2,3)4,17-12-8-6-9-13-17)18-14-10-7-11-15-18/h6-15H,1H2,2-5H3. The van der Waals surface area contributed by atoms with Crippen LogP contribution in [-0.4, -0.2) is 15.4 Å². The summed E-state index contributed by atoms with van der Waals surface area (Å²) in [7, 11) is -0.961. The van der Waals surface area contributed by atoms with Crippen LogP contribution in [0.4, 0.5) is 0 Å². The highest BCUT2D eigenvalue weighted by Gasteiger charge is 2.52. The van der Waals surface area contributed by atoms with Crippen LogP contribution in [0, 0.1) is 0 Å². The lowest BCUT2D eigenvalue weighted by Gasteiger charge is -2.42. The highest BCUT2D eigenvalue weighted by atomic mass is 28.4. The molecule has 2 aromatic rings. The lowest BCUT2D eigenvalue weighted by Crippen LogP contribution is -2.66. The third kappa shape index (κ3) is 2.95. The molecular formula is C19H24O2Si. The molecule has 0 aliphatic carbocycles. The van der Waals surface area contributed by atoms with E-state index in [-0.39, 0.29) is 5.04 Å². The van der Waals surface area contributed by atoms with Crippen molar-refractivity contribution in [3.8, 4) is 0 Å². The van der Waals surface area contributed by atoms with Gasteiger partial charge in [-0.05, 0) is 22.0 Å². The molecule has 0 amide bonds. The zero-order chi connectivity index (χ0) is 16.2. The number of methoxy groups -OCH3 is 1. The van der Waals surface area contributed by atoms with Gasteiger partial charge in [-0.15, -0.1) is 0 Å². The van der Waals surface area contributed by atoms with Crippen LogP contribution >= 0.6 is 0 Å². The van der Waals surface area contributed by atoms with Crippen LogP contribution in [0.25, 0.3) is 0 Å². The van der Waals surface area contributed by atoms with Crippen LogP contribution < -0.4 is 10.4 Å². The molecule has 22 heavy (non-hydrogen) atoms. The van der Waals surface area contributed by atoms with E-state index in [0.29, 0.717) is 5.95 Å². The summed E-state index contributed by atoms with van der Waals surface area (Å²) in [6, 6.07) is 20.9. The van der Waals surface area contributed by atoms with Gasteiger partial charge in [0.2, 0.25) is 0 Å². The van der Waals surface area contributed by atoms with Gasteiger partial charge in [0.25, 0.3) is 5.95 Å². The molecule has 0 aliphatic rings. The van der Waals surface area contributed by atoms with Gasteiger partial charge in [-0.3, -0.25) is 0 Å². The predicted octanol–water partition coefficient (Wildman–Crippen LogP) is 3.68. The van der Waals surface area contributed by atoms with Crippen LogP contribution in [0.2, 0.25) is 5.04 Å². The summed E-state index contributed by atoms with van der Waals surface area (Å²) in [6.07, 6.45) is 0. The van der Waals surface area contributed by atoms with E-state index in [0.717, 1.165) is 0 Å². The number of benzene rings is 2. The Bertz CT molecular complexity index is 575. The summed E-state index contributed by atoms with van der Waals surface area (Å²) >= 11 is 0. The summed E-state index contributed by atoms with van der Waals surface area (Å²) < 4.78 is 11.7. The van der Waals surface area contributed by atoms with Crippen LogP contribution in [0.15, 0.2) is 73.2 Å². The van der Waals surface area contributed by atoms with Gasteiger partial charge < -0.3 is 9.16 Å². The molecule has 0 saturated heterocycles. The summed E-state index contributed by atoms with van der Waals surface area (Å²) in [6.45, 7) is 10.6. The zero-order valence-electron chi connectivity index (χ0n) is 13.8. The Morgan fingerprint density at radius 2 is 1.27 bits per heavy atom. The second kappa shape index (κ2) is 6.40. The minimum atomic E-state index is -2.56. The first-order valence-corrected chi connectivity index (χ1v) is 9.35. The van der Waals surface area contributed by atoms with Crippen LogP contribution in [0.1, 0.15) is 20.8 Å². The van der Waals surface area contributed by atoms with E-state index in [1.54, 1.807) is 7.11 Å². The monoisotopic (exact) mass is 312 g/mol. The van der Waals surface area contributed by atoms with Gasteiger partial charge in [-0.25, -0.2) is 0 Å². The molecule has 0 heterocycles.